The average Bonchev–Trinajstić information content (AvgIpc) is 2.60. The summed E-state index contributed by atoms with van der Waals surface area (Å²) in [7, 11) is 3.88. The minimum absolute atomic E-state index is 0.183. The zero-order chi connectivity index (χ0) is 18.9. The van der Waals surface area contributed by atoms with Gasteiger partial charge in [-0.3, -0.25) is 9.69 Å². The zero-order valence-corrected chi connectivity index (χ0v) is 16.9. The largest absolute Gasteiger partial charge is 0.492 e. The monoisotopic (exact) mass is 361 g/mol. The summed E-state index contributed by atoms with van der Waals surface area (Å²) in [5.74, 6) is 1.87. The normalized spacial score (nSPS) is 15.8. The molecule has 0 bridgehead atoms. The fourth-order valence-corrected chi connectivity index (χ4v) is 3.54. The van der Waals surface area contributed by atoms with Gasteiger partial charge in [-0.1, -0.05) is 6.07 Å². The molecule has 0 unspecified atom stereocenters. The fourth-order valence-electron chi connectivity index (χ4n) is 3.54. The van der Waals surface area contributed by atoms with Gasteiger partial charge in [0.05, 0.1) is 13.1 Å². The van der Waals surface area contributed by atoms with Crippen LogP contribution in [0.15, 0.2) is 18.2 Å². The van der Waals surface area contributed by atoms with Crippen molar-refractivity contribution in [2.75, 3.05) is 53.4 Å². The van der Waals surface area contributed by atoms with Crippen molar-refractivity contribution >= 4 is 5.91 Å². The molecule has 26 heavy (non-hydrogen) atoms. The van der Waals surface area contributed by atoms with Gasteiger partial charge in [0.1, 0.15) is 12.4 Å². The molecule has 1 amide bonds. The molecule has 0 atom stereocenters. The second kappa shape index (κ2) is 10.5. The van der Waals surface area contributed by atoms with Crippen molar-refractivity contribution < 1.29 is 9.53 Å². The highest BCUT2D eigenvalue weighted by molar-refractivity contribution is 5.78. The second-order valence-corrected chi connectivity index (χ2v) is 7.60. The standard InChI is InChI=1S/C21H35N3O2/c1-17-13-18(2)15-20(14-17)26-12-11-23(4)21(25)16-24-9-6-19(7-10-24)5-8-22-3/h13-15,19,22H,5-12,16H2,1-4H3. The maximum atomic E-state index is 12.4. The number of hydrogen-bond acceptors (Lipinski definition) is 4. The first-order valence-corrected chi connectivity index (χ1v) is 9.80. The molecule has 1 N–H and O–H groups in total. The summed E-state index contributed by atoms with van der Waals surface area (Å²) >= 11 is 0. The highest BCUT2D eigenvalue weighted by Crippen LogP contribution is 2.20. The van der Waals surface area contributed by atoms with Crippen molar-refractivity contribution in [3.8, 4) is 5.75 Å². The Morgan fingerprint density at radius 2 is 1.88 bits per heavy atom. The van der Waals surface area contributed by atoms with Gasteiger partial charge in [-0.25, -0.2) is 0 Å². The summed E-state index contributed by atoms with van der Waals surface area (Å²) in [4.78, 5) is 16.5. The van der Waals surface area contributed by atoms with E-state index in [2.05, 4.69) is 30.1 Å². The van der Waals surface area contributed by atoms with Crippen LogP contribution in [0.25, 0.3) is 0 Å². The lowest BCUT2D eigenvalue weighted by Gasteiger charge is -2.32. The molecule has 5 heteroatoms. The number of ether oxygens (including phenoxy) is 1. The predicted molar refractivity (Wildman–Crippen MR) is 107 cm³/mol. The molecule has 1 aromatic rings. The number of nitrogens with zero attached hydrogens (tertiary/aromatic N) is 2. The van der Waals surface area contributed by atoms with Crippen LogP contribution >= 0.6 is 0 Å². The minimum Gasteiger partial charge on any atom is -0.492 e. The number of carbonyl (C=O) groups excluding carboxylic acids is 1. The lowest BCUT2D eigenvalue weighted by Crippen LogP contribution is -2.43. The lowest BCUT2D eigenvalue weighted by molar-refractivity contribution is -0.131. The number of amides is 1. The fraction of sp³-hybridized carbons (Fsp3) is 0.667. The molecule has 0 spiro atoms. The molecular formula is C21H35N3O2. The van der Waals surface area contributed by atoms with Gasteiger partial charge >= 0.3 is 0 Å². The Kier molecular flexibility index (Phi) is 8.39. The van der Waals surface area contributed by atoms with Crippen LogP contribution in [-0.2, 0) is 4.79 Å². The van der Waals surface area contributed by atoms with Gasteiger partial charge in [-0.2, -0.15) is 0 Å². The summed E-state index contributed by atoms with van der Waals surface area (Å²) in [6.45, 7) is 8.96. The maximum Gasteiger partial charge on any atom is 0.236 e. The van der Waals surface area contributed by atoms with Crippen molar-refractivity contribution in [3.63, 3.8) is 0 Å². The number of rotatable bonds is 9. The Hall–Kier alpha value is -1.59. The number of likely N-dealkylation sites (tertiary alicyclic amines) is 1. The van der Waals surface area contributed by atoms with E-state index in [1.165, 1.54) is 30.4 Å². The molecule has 146 valence electrons. The number of carbonyl (C=O) groups is 1. The van der Waals surface area contributed by atoms with E-state index in [9.17, 15) is 4.79 Å². The van der Waals surface area contributed by atoms with Crippen molar-refractivity contribution in [2.24, 2.45) is 5.92 Å². The van der Waals surface area contributed by atoms with Crippen LogP contribution in [0.3, 0.4) is 0 Å². The summed E-state index contributed by atoms with van der Waals surface area (Å²) in [5, 5.41) is 3.22. The molecule has 1 aliphatic rings. The summed E-state index contributed by atoms with van der Waals surface area (Å²) in [6, 6.07) is 6.20. The number of piperidine rings is 1. The van der Waals surface area contributed by atoms with E-state index in [4.69, 9.17) is 4.74 Å². The van der Waals surface area contributed by atoms with Crippen LogP contribution in [0.1, 0.15) is 30.4 Å². The number of benzene rings is 1. The molecule has 0 aliphatic carbocycles. The predicted octanol–water partition coefficient (Wildman–Crippen LogP) is 2.46. The van der Waals surface area contributed by atoms with Crippen LogP contribution in [0.5, 0.6) is 5.75 Å². The molecule has 1 fully saturated rings. The third-order valence-corrected chi connectivity index (χ3v) is 5.18. The summed E-state index contributed by atoms with van der Waals surface area (Å²) in [5.41, 5.74) is 2.39. The average molecular weight is 362 g/mol. The minimum atomic E-state index is 0.183. The van der Waals surface area contributed by atoms with E-state index in [1.54, 1.807) is 4.90 Å². The van der Waals surface area contributed by atoms with Crippen molar-refractivity contribution in [2.45, 2.75) is 33.1 Å². The number of hydrogen-bond donors (Lipinski definition) is 1. The van der Waals surface area contributed by atoms with Crippen molar-refractivity contribution in [3.05, 3.63) is 29.3 Å². The maximum absolute atomic E-state index is 12.4. The Balaban J connectivity index is 1.66. The third kappa shape index (κ3) is 6.96. The van der Waals surface area contributed by atoms with E-state index >= 15 is 0 Å². The van der Waals surface area contributed by atoms with Crippen molar-refractivity contribution in [1.82, 2.24) is 15.1 Å². The van der Waals surface area contributed by atoms with E-state index in [-0.39, 0.29) is 5.91 Å². The Morgan fingerprint density at radius 3 is 2.50 bits per heavy atom. The molecule has 1 aliphatic heterocycles. The van der Waals surface area contributed by atoms with Crippen LogP contribution in [0.2, 0.25) is 0 Å². The van der Waals surface area contributed by atoms with Crippen LogP contribution in [0, 0.1) is 19.8 Å². The van der Waals surface area contributed by atoms with Gasteiger partial charge in [0.2, 0.25) is 5.91 Å². The van der Waals surface area contributed by atoms with Gasteiger partial charge in [0.15, 0.2) is 0 Å². The van der Waals surface area contributed by atoms with Gasteiger partial charge in [-0.15, -0.1) is 0 Å². The Bertz CT molecular complexity index is 548. The van der Waals surface area contributed by atoms with Crippen LogP contribution < -0.4 is 10.1 Å². The van der Waals surface area contributed by atoms with Gasteiger partial charge in [0.25, 0.3) is 0 Å². The van der Waals surface area contributed by atoms with E-state index in [0.29, 0.717) is 19.7 Å². The first-order valence-electron chi connectivity index (χ1n) is 9.80. The Morgan fingerprint density at radius 1 is 1.23 bits per heavy atom. The summed E-state index contributed by atoms with van der Waals surface area (Å²) in [6.07, 6.45) is 3.65. The van der Waals surface area contributed by atoms with E-state index in [0.717, 1.165) is 31.3 Å². The molecule has 0 aromatic heterocycles. The molecule has 0 radical (unpaired) electrons. The molecular weight excluding hydrogens is 326 g/mol. The van der Waals surface area contributed by atoms with E-state index in [1.807, 2.05) is 26.2 Å². The molecule has 0 saturated carbocycles. The molecule has 1 heterocycles. The van der Waals surface area contributed by atoms with Crippen LogP contribution in [0.4, 0.5) is 0 Å². The molecule has 2 rings (SSSR count). The Labute approximate surface area is 158 Å². The molecule has 1 saturated heterocycles. The highest BCUT2D eigenvalue weighted by Gasteiger charge is 2.21. The highest BCUT2D eigenvalue weighted by atomic mass is 16.5. The number of likely N-dealkylation sites (N-methyl/N-ethyl adjacent to an activating group) is 1. The third-order valence-electron chi connectivity index (χ3n) is 5.18. The van der Waals surface area contributed by atoms with E-state index < -0.39 is 0 Å². The molecule has 1 aromatic carbocycles. The zero-order valence-electron chi connectivity index (χ0n) is 16.9. The smallest absolute Gasteiger partial charge is 0.236 e. The van der Waals surface area contributed by atoms with Gasteiger partial charge in [-0.05, 0) is 89.0 Å². The topological polar surface area (TPSA) is 44.8 Å². The molecule has 5 nitrogen and oxygen atoms in total. The number of aryl methyl sites for hydroxylation is 2. The van der Waals surface area contributed by atoms with Crippen molar-refractivity contribution in [1.29, 1.82) is 0 Å². The van der Waals surface area contributed by atoms with Gasteiger partial charge in [0, 0.05) is 7.05 Å². The quantitative estimate of drug-likeness (QED) is 0.734. The second-order valence-electron chi connectivity index (χ2n) is 7.60. The first-order chi connectivity index (χ1) is 12.5. The summed E-state index contributed by atoms with van der Waals surface area (Å²) < 4.78 is 5.82. The SMILES string of the molecule is CNCCC1CCN(CC(=O)N(C)CCOc2cc(C)cc(C)c2)CC1. The van der Waals surface area contributed by atoms with Crippen LogP contribution in [-0.4, -0.2) is 69.1 Å². The first kappa shape index (κ1) is 20.7. The number of nitrogens with one attached hydrogen (secondary N) is 1. The van der Waals surface area contributed by atoms with Gasteiger partial charge < -0.3 is 15.0 Å². The lowest BCUT2D eigenvalue weighted by atomic mass is 9.93.